The molecule has 2 aromatic carbocycles. The van der Waals surface area contributed by atoms with Gasteiger partial charge >= 0.3 is 5.97 Å². The van der Waals surface area contributed by atoms with Gasteiger partial charge in [-0.15, -0.1) is 0 Å². The summed E-state index contributed by atoms with van der Waals surface area (Å²) < 4.78 is 28.4. The Labute approximate surface area is 151 Å². The molecule has 0 aliphatic heterocycles. The van der Waals surface area contributed by atoms with Crippen molar-refractivity contribution in [3.63, 3.8) is 0 Å². The standard InChI is InChI=1S/C20H19FO5/c1-3-25-19-12-14(4-10-18(19)24-2)5-11-20(23)26-13-17(22)15-6-8-16(21)9-7-15/h4-12H,3,13H2,1-2H3/b11-5+. The van der Waals surface area contributed by atoms with Crippen LogP contribution < -0.4 is 9.47 Å². The van der Waals surface area contributed by atoms with Gasteiger partial charge in [0.05, 0.1) is 13.7 Å². The van der Waals surface area contributed by atoms with Crippen molar-refractivity contribution in [2.24, 2.45) is 0 Å². The van der Waals surface area contributed by atoms with E-state index in [0.29, 0.717) is 18.1 Å². The van der Waals surface area contributed by atoms with Crippen LogP contribution >= 0.6 is 0 Å². The first-order chi connectivity index (χ1) is 12.5. The van der Waals surface area contributed by atoms with Crippen molar-refractivity contribution in [2.75, 3.05) is 20.3 Å². The smallest absolute Gasteiger partial charge is 0.331 e. The van der Waals surface area contributed by atoms with Gasteiger partial charge in [0, 0.05) is 11.6 Å². The van der Waals surface area contributed by atoms with Crippen molar-refractivity contribution in [2.45, 2.75) is 6.92 Å². The average Bonchev–Trinajstić information content (AvgIpc) is 2.65. The summed E-state index contributed by atoms with van der Waals surface area (Å²) in [6, 6.07) is 10.3. The van der Waals surface area contributed by atoms with Gasteiger partial charge in [-0.2, -0.15) is 0 Å². The highest BCUT2D eigenvalue weighted by Gasteiger charge is 2.09. The lowest BCUT2D eigenvalue weighted by molar-refractivity contribution is -0.136. The molecule has 0 spiro atoms. The first kappa shape index (κ1) is 19.2. The molecule has 0 heterocycles. The second kappa shape index (κ2) is 9.36. The number of benzene rings is 2. The van der Waals surface area contributed by atoms with Gasteiger partial charge in [-0.25, -0.2) is 9.18 Å². The van der Waals surface area contributed by atoms with E-state index in [0.717, 1.165) is 5.56 Å². The van der Waals surface area contributed by atoms with Gasteiger partial charge in [0.25, 0.3) is 0 Å². The fourth-order valence-corrected chi connectivity index (χ4v) is 2.13. The molecule has 0 aliphatic rings. The van der Waals surface area contributed by atoms with Crippen molar-refractivity contribution in [1.82, 2.24) is 0 Å². The Bertz CT molecular complexity index is 796. The van der Waals surface area contributed by atoms with Crippen LogP contribution in [0.5, 0.6) is 11.5 Å². The van der Waals surface area contributed by atoms with Gasteiger partial charge in [-0.1, -0.05) is 6.07 Å². The van der Waals surface area contributed by atoms with Crippen molar-refractivity contribution in [3.05, 3.63) is 65.5 Å². The highest BCUT2D eigenvalue weighted by molar-refractivity contribution is 5.98. The van der Waals surface area contributed by atoms with E-state index < -0.39 is 24.2 Å². The lowest BCUT2D eigenvalue weighted by atomic mass is 10.1. The molecule has 136 valence electrons. The molecule has 5 nitrogen and oxygen atoms in total. The topological polar surface area (TPSA) is 61.8 Å². The quantitative estimate of drug-likeness (QED) is 0.409. The molecule has 2 rings (SSSR count). The van der Waals surface area contributed by atoms with E-state index in [9.17, 15) is 14.0 Å². The number of hydrogen-bond acceptors (Lipinski definition) is 5. The van der Waals surface area contributed by atoms with Crippen LogP contribution in [-0.2, 0) is 9.53 Å². The van der Waals surface area contributed by atoms with Crippen LogP contribution in [-0.4, -0.2) is 32.1 Å². The lowest BCUT2D eigenvalue weighted by Crippen LogP contribution is -2.12. The largest absolute Gasteiger partial charge is 0.493 e. The van der Waals surface area contributed by atoms with E-state index in [4.69, 9.17) is 14.2 Å². The maximum absolute atomic E-state index is 12.8. The number of Topliss-reactive ketones (excluding diaryl/α,β-unsaturated/α-hetero) is 1. The zero-order valence-corrected chi connectivity index (χ0v) is 14.5. The second-order valence-electron chi connectivity index (χ2n) is 5.21. The number of methoxy groups -OCH3 is 1. The molecule has 0 aromatic heterocycles. The Morgan fingerprint density at radius 3 is 2.46 bits per heavy atom. The van der Waals surface area contributed by atoms with Crippen molar-refractivity contribution >= 4 is 17.8 Å². The molecule has 0 saturated heterocycles. The molecule has 0 N–H and O–H groups in total. The van der Waals surface area contributed by atoms with Crippen LogP contribution in [0, 0.1) is 5.82 Å². The second-order valence-corrected chi connectivity index (χ2v) is 5.21. The Morgan fingerprint density at radius 2 is 1.81 bits per heavy atom. The summed E-state index contributed by atoms with van der Waals surface area (Å²) in [5.74, 6) is -0.343. The maximum atomic E-state index is 12.8. The van der Waals surface area contributed by atoms with Gasteiger partial charge in [0.15, 0.2) is 23.9 Å². The molecule has 0 fully saturated rings. The molecule has 0 saturated carbocycles. The summed E-state index contributed by atoms with van der Waals surface area (Å²) in [4.78, 5) is 23.6. The minimum Gasteiger partial charge on any atom is -0.493 e. The van der Waals surface area contributed by atoms with E-state index in [1.807, 2.05) is 6.92 Å². The molecule has 0 radical (unpaired) electrons. The molecule has 6 heteroatoms. The molecule has 26 heavy (non-hydrogen) atoms. The van der Waals surface area contributed by atoms with Crippen LogP contribution in [0.3, 0.4) is 0 Å². The number of esters is 1. The Hall–Kier alpha value is -3.15. The van der Waals surface area contributed by atoms with Crippen LogP contribution in [0.4, 0.5) is 4.39 Å². The number of rotatable bonds is 8. The maximum Gasteiger partial charge on any atom is 0.331 e. The minimum atomic E-state index is -0.658. The number of hydrogen-bond donors (Lipinski definition) is 0. The monoisotopic (exact) mass is 358 g/mol. The Kier molecular flexibility index (Phi) is 6.91. The third kappa shape index (κ3) is 5.44. The number of carbonyl (C=O) groups is 2. The summed E-state index contributed by atoms with van der Waals surface area (Å²) in [5, 5.41) is 0. The fraction of sp³-hybridized carbons (Fsp3) is 0.200. The highest BCUT2D eigenvalue weighted by Crippen LogP contribution is 2.28. The normalized spacial score (nSPS) is 10.6. The first-order valence-corrected chi connectivity index (χ1v) is 7.98. The molecule has 0 bridgehead atoms. The summed E-state index contributed by atoms with van der Waals surface area (Å²) in [5.41, 5.74) is 0.996. The van der Waals surface area contributed by atoms with Crippen molar-refractivity contribution in [1.29, 1.82) is 0 Å². The molecular weight excluding hydrogens is 339 g/mol. The van der Waals surface area contributed by atoms with Gasteiger partial charge in [0.2, 0.25) is 0 Å². The Balaban J connectivity index is 1.93. The number of ketones is 1. The Morgan fingerprint density at radius 1 is 1.08 bits per heavy atom. The van der Waals surface area contributed by atoms with E-state index in [1.54, 1.807) is 31.4 Å². The van der Waals surface area contributed by atoms with Crippen molar-refractivity contribution in [3.8, 4) is 11.5 Å². The highest BCUT2D eigenvalue weighted by atomic mass is 19.1. The van der Waals surface area contributed by atoms with Crippen molar-refractivity contribution < 1.29 is 28.2 Å². The van der Waals surface area contributed by atoms with Crippen LogP contribution in [0.15, 0.2) is 48.5 Å². The van der Waals surface area contributed by atoms with Gasteiger partial charge in [0.1, 0.15) is 5.82 Å². The predicted octanol–water partition coefficient (Wildman–Crippen LogP) is 3.67. The molecule has 0 atom stereocenters. The number of ether oxygens (including phenoxy) is 3. The van der Waals surface area contributed by atoms with Gasteiger partial charge in [-0.3, -0.25) is 4.79 Å². The van der Waals surface area contributed by atoms with Gasteiger partial charge < -0.3 is 14.2 Å². The van der Waals surface area contributed by atoms with E-state index in [1.165, 1.54) is 30.3 Å². The number of carbonyl (C=O) groups excluding carboxylic acids is 2. The van der Waals surface area contributed by atoms with Gasteiger partial charge in [-0.05, 0) is 55.0 Å². The summed E-state index contributed by atoms with van der Waals surface area (Å²) in [7, 11) is 1.54. The first-order valence-electron chi connectivity index (χ1n) is 7.98. The third-order valence-electron chi connectivity index (χ3n) is 3.41. The molecule has 0 amide bonds. The lowest BCUT2D eigenvalue weighted by Gasteiger charge is -2.09. The molecular formula is C20H19FO5. The fourth-order valence-electron chi connectivity index (χ4n) is 2.13. The van der Waals surface area contributed by atoms with E-state index >= 15 is 0 Å². The molecule has 2 aromatic rings. The van der Waals surface area contributed by atoms with Crippen LogP contribution in [0.25, 0.3) is 6.08 Å². The third-order valence-corrected chi connectivity index (χ3v) is 3.41. The van der Waals surface area contributed by atoms with Crippen LogP contribution in [0.2, 0.25) is 0 Å². The summed E-state index contributed by atoms with van der Waals surface area (Å²) >= 11 is 0. The number of halogens is 1. The summed E-state index contributed by atoms with van der Waals surface area (Å²) in [6.07, 6.45) is 2.77. The summed E-state index contributed by atoms with van der Waals surface area (Å²) in [6.45, 7) is 1.93. The predicted molar refractivity (Wildman–Crippen MR) is 94.9 cm³/mol. The van der Waals surface area contributed by atoms with E-state index in [-0.39, 0.29) is 5.56 Å². The molecule has 0 unspecified atom stereocenters. The SMILES string of the molecule is CCOc1cc(/C=C/C(=O)OCC(=O)c2ccc(F)cc2)ccc1OC. The van der Waals surface area contributed by atoms with E-state index in [2.05, 4.69) is 0 Å². The molecule has 0 aliphatic carbocycles. The minimum absolute atomic E-state index is 0.277. The zero-order valence-electron chi connectivity index (χ0n) is 14.5. The average molecular weight is 358 g/mol. The zero-order chi connectivity index (χ0) is 18.9. The van der Waals surface area contributed by atoms with Crippen LogP contribution in [0.1, 0.15) is 22.8 Å².